The summed E-state index contributed by atoms with van der Waals surface area (Å²) in [4.78, 5) is 0. The lowest BCUT2D eigenvalue weighted by Gasteiger charge is -2.12. The first-order valence-electron chi connectivity index (χ1n) is 5.65. The van der Waals surface area contributed by atoms with Crippen molar-refractivity contribution < 1.29 is 0 Å². The van der Waals surface area contributed by atoms with Crippen molar-refractivity contribution in [3.63, 3.8) is 0 Å². The van der Waals surface area contributed by atoms with E-state index < -0.39 is 0 Å². The van der Waals surface area contributed by atoms with Crippen molar-refractivity contribution in [2.45, 2.75) is 58.9 Å². The summed E-state index contributed by atoms with van der Waals surface area (Å²) in [7, 11) is 0. The van der Waals surface area contributed by atoms with Crippen LogP contribution < -0.4 is 5.32 Å². The van der Waals surface area contributed by atoms with Gasteiger partial charge in [0.2, 0.25) is 0 Å². The number of hydrogen-bond donors (Lipinski definition) is 1. The topological polar surface area (TPSA) is 12.0 Å². The van der Waals surface area contributed by atoms with E-state index in [9.17, 15) is 0 Å². The monoisotopic (exact) mass is 183 g/mol. The first kappa shape index (κ1) is 12.7. The average molecular weight is 183 g/mol. The van der Waals surface area contributed by atoms with Gasteiger partial charge in [-0.1, -0.05) is 38.3 Å². The maximum absolute atomic E-state index is 3.53. The lowest BCUT2D eigenvalue weighted by atomic mass is 10.1. The highest BCUT2D eigenvalue weighted by Gasteiger charge is 1.98. The number of rotatable bonds is 8. The van der Waals surface area contributed by atoms with Gasteiger partial charge in [0, 0.05) is 6.04 Å². The fourth-order valence-corrected chi connectivity index (χ4v) is 1.38. The molecule has 0 heterocycles. The van der Waals surface area contributed by atoms with E-state index in [1.54, 1.807) is 0 Å². The van der Waals surface area contributed by atoms with E-state index in [4.69, 9.17) is 0 Å². The Kier molecular flexibility index (Phi) is 9.56. The van der Waals surface area contributed by atoms with Gasteiger partial charge in [-0.2, -0.15) is 0 Å². The molecule has 1 unspecified atom stereocenters. The van der Waals surface area contributed by atoms with Crippen LogP contribution in [0.1, 0.15) is 52.9 Å². The van der Waals surface area contributed by atoms with Crippen molar-refractivity contribution in [2.24, 2.45) is 0 Å². The number of unbranched alkanes of at least 4 members (excludes halogenated alkanes) is 2. The molecule has 0 saturated carbocycles. The van der Waals surface area contributed by atoms with Crippen molar-refractivity contribution in [3.8, 4) is 0 Å². The molecule has 0 aliphatic rings. The molecule has 0 amide bonds. The molecule has 0 aromatic carbocycles. The Morgan fingerprint density at radius 3 is 2.69 bits per heavy atom. The van der Waals surface area contributed by atoms with E-state index in [1.165, 1.54) is 25.7 Å². The standard InChI is InChI=1S/C12H25N/c1-4-6-8-10-12(3)13-11-9-7-5-2/h5,7,12-13H,4,6,8-11H2,1-3H3/b7-5+. The van der Waals surface area contributed by atoms with E-state index in [0.29, 0.717) is 6.04 Å². The molecule has 78 valence electrons. The molecule has 0 aromatic heterocycles. The van der Waals surface area contributed by atoms with Crippen LogP contribution in [0.4, 0.5) is 0 Å². The van der Waals surface area contributed by atoms with E-state index in [-0.39, 0.29) is 0 Å². The van der Waals surface area contributed by atoms with Crippen LogP contribution in [-0.2, 0) is 0 Å². The number of nitrogens with one attached hydrogen (secondary N) is 1. The van der Waals surface area contributed by atoms with Gasteiger partial charge in [-0.05, 0) is 33.2 Å². The summed E-state index contributed by atoms with van der Waals surface area (Å²) < 4.78 is 0. The van der Waals surface area contributed by atoms with Crippen molar-refractivity contribution >= 4 is 0 Å². The molecular weight excluding hydrogens is 158 g/mol. The summed E-state index contributed by atoms with van der Waals surface area (Å²) in [6.07, 6.45) is 10.9. The molecule has 0 spiro atoms. The van der Waals surface area contributed by atoms with E-state index in [2.05, 4.69) is 38.2 Å². The fourth-order valence-electron chi connectivity index (χ4n) is 1.38. The molecule has 0 radical (unpaired) electrons. The van der Waals surface area contributed by atoms with Gasteiger partial charge in [0.1, 0.15) is 0 Å². The highest BCUT2D eigenvalue weighted by atomic mass is 14.9. The number of allylic oxidation sites excluding steroid dienone is 1. The third-order valence-electron chi connectivity index (χ3n) is 2.28. The quantitative estimate of drug-likeness (QED) is 0.448. The van der Waals surface area contributed by atoms with E-state index in [1.807, 2.05) is 0 Å². The summed E-state index contributed by atoms with van der Waals surface area (Å²) in [5.41, 5.74) is 0. The molecule has 13 heavy (non-hydrogen) atoms. The predicted octanol–water partition coefficient (Wildman–Crippen LogP) is 3.51. The minimum atomic E-state index is 0.691. The van der Waals surface area contributed by atoms with Crippen LogP contribution in [0, 0.1) is 0 Å². The molecule has 0 aliphatic carbocycles. The molecule has 0 aliphatic heterocycles. The Hall–Kier alpha value is -0.300. The number of hydrogen-bond acceptors (Lipinski definition) is 1. The minimum Gasteiger partial charge on any atom is -0.314 e. The lowest BCUT2D eigenvalue weighted by Crippen LogP contribution is -2.26. The molecule has 1 heteroatoms. The third kappa shape index (κ3) is 9.62. The summed E-state index contributed by atoms with van der Waals surface area (Å²) in [5, 5.41) is 3.53. The van der Waals surface area contributed by atoms with Gasteiger partial charge in [0.25, 0.3) is 0 Å². The summed E-state index contributed by atoms with van der Waals surface area (Å²) in [6, 6.07) is 0.691. The van der Waals surface area contributed by atoms with Gasteiger partial charge in [-0.3, -0.25) is 0 Å². The van der Waals surface area contributed by atoms with E-state index >= 15 is 0 Å². The van der Waals surface area contributed by atoms with Crippen LogP contribution in [0.2, 0.25) is 0 Å². The van der Waals surface area contributed by atoms with Crippen LogP contribution in [-0.4, -0.2) is 12.6 Å². The van der Waals surface area contributed by atoms with Gasteiger partial charge in [-0.15, -0.1) is 0 Å². The Morgan fingerprint density at radius 2 is 2.08 bits per heavy atom. The molecule has 1 nitrogen and oxygen atoms in total. The van der Waals surface area contributed by atoms with Gasteiger partial charge in [0.05, 0.1) is 0 Å². The largest absolute Gasteiger partial charge is 0.314 e. The second kappa shape index (κ2) is 9.79. The van der Waals surface area contributed by atoms with E-state index in [0.717, 1.165) is 13.0 Å². The zero-order chi connectivity index (χ0) is 9.94. The molecule has 1 N–H and O–H groups in total. The van der Waals surface area contributed by atoms with Gasteiger partial charge in [-0.25, -0.2) is 0 Å². The molecule has 1 atom stereocenters. The van der Waals surface area contributed by atoms with Crippen LogP contribution in [0.5, 0.6) is 0 Å². The van der Waals surface area contributed by atoms with Crippen LogP contribution >= 0.6 is 0 Å². The fraction of sp³-hybridized carbons (Fsp3) is 0.833. The molecule has 0 aromatic rings. The zero-order valence-electron chi connectivity index (χ0n) is 9.47. The van der Waals surface area contributed by atoms with Crippen molar-refractivity contribution in [1.82, 2.24) is 5.32 Å². The smallest absolute Gasteiger partial charge is 0.00388 e. The second-order valence-corrected chi connectivity index (χ2v) is 3.71. The third-order valence-corrected chi connectivity index (χ3v) is 2.28. The predicted molar refractivity (Wildman–Crippen MR) is 61.0 cm³/mol. The summed E-state index contributed by atoms with van der Waals surface area (Å²) in [5.74, 6) is 0. The van der Waals surface area contributed by atoms with Crippen LogP contribution in [0.3, 0.4) is 0 Å². The summed E-state index contributed by atoms with van der Waals surface area (Å²) >= 11 is 0. The maximum atomic E-state index is 3.53. The highest BCUT2D eigenvalue weighted by molar-refractivity contribution is 4.78. The minimum absolute atomic E-state index is 0.691. The SMILES string of the molecule is C/C=C/CCNC(C)CCCCC. The second-order valence-electron chi connectivity index (χ2n) is 3.71. The first-order valence-corrected chi connectivity index (χ1v) is 5.65. The molecule has 0 fully saturated rings. The maximum Gasteiger partial charge on any atom is 0.00388 e. The van der Waals surface area contributed by atoms with Gasteiger partial charge in [0.15, 0.2) is 0 Å². The molecule has 0 saturated heterocycles. The van der Waals surface area contributed by atoms with Crippen molar-refractivity contribution in [1.29, 1.82) is 0 Å². The summed E-state index contributed by atoms with van der Waals surface area (Å²) in [6.45, 7) is 7.73. The molecule has 0 bridgehead atoms. The highest BCUT2D eigenvalue weighted by Crippen LogP contribution is 2.02. The van der Waals surface area contributed by atoms with Crippen molar-refractivity contribution in [2.75, 3.05) is 6.54 Å². The average Bonchev–Trinajstić information content (AvgIpc) is 2.13. The molecular formula is C12H25N. The van der Waals surface area contributed by atoms with Crippen LogP contribution in [0.25, 0.3) is 0 Å². The Balaban J connectivity index is 3.14. The van der Waals surface area contributed by atoms with Crippen LogP contribution in [0.15, 0.2) is 12.2 Å². The Labute approximate surface area is 83.6 Å². The zero-order valence-corrected chi connectivity index (χ0v) is 9.47. The van der Waals surface area contributed by atoms with Gasteiger partial charge >= 0.3 is 0 Å². The normalized spacial score (nSPS) is 13.8. The van der Waals surface area contributed by atoms with Crippen molar-refractivity contribution in [3.05, 3.63) is 12.2 Å². The molecule has 0 rings (SSSR count). The Bertz CT molecular complexity index is 118. The first-order chi connectivity index (χ1) is 6.31. The lowest BCUT2D eigenvalue weighted by molar-refractivity contribution is 0.492. The Morgan fingerprint density at radius 1 is 1.31 bits per heavy atom. The van der Waals surface area contributed by atoms with Gasteiger partial charge < -0.3 is 5.32 Å².